The van der Waals surface area contributed by atoms with E-state index in [0.717, 1.165) is 5.69 Å². The number of amides is 1. The van der Waals surface area contributed by atoms with Crippen molar-refractivity contribution < 1.29 is 4.79 Å². The summed E-state index contributed by atoms with van der Waals surface area (Å²) in [6.45, 7) is 0.562. The van der Waals surface area contributed by atoms with Crippen molar-refractivity contribution in [1.82, 2.24) is 10.3 Å². The number of carbonyl (C=O) groups excluding carboxylic acids is 1. The van der Waals surface area contributed by atoms with Crippen molar-refractivity contribution in [2.45, 2.75) is 0 Å². The molecule has 0 atom stereocenters. The largest absolute Gasteiger partial charge is 0.376 e. The number of anilines is 2. The first-order chi connectivity index (χ1) is 8.15. The second kappa shape index (κ2) is 6.51. The normalized spacial score (nSPS) is 9.47. The Kier molecular flexibility index (Phi) is 4.98. The van der Waals surface area contributed by atoms with Crippen molar-refractivity contribution in [2.24, 2.45) is 0 Å². The van der Waals surface area contributed by atoms with Gasteiger partial charge < -0.3 is 10.2 Å². The summed E-state index contributed by atoms with van der Waals surface area (Å²) in [6.07, 6.45) is 8.37. The maximum Gasteiger partial charge on any atom is 0.238 e. The molecule has 0 saturated heterocycles. The number of carbonyl (C=O) groups is 1. The topological polar surface area (TPSA) is 57.3 Å². The molecule has 0 aliphatic carbocycles. The van der Waals surface area contributed by atoms with E-state index in [0.29, 0.717) is 12.2 Å². The van der Waals surface area contributed by atoms with Crippen LogP contribution in [-0.4, -0.2) is 38.1 Å². The Bertz CT molecular complexity index is 423. The fraction of sp³-hybridized carbons (Fsp3) is 0.333. The van der Waals surface area contributed by atoms with Crippen LogP contribution in [0.3, 0.4) is 0 Å². The van der Waals surface area contributed by atoms with Gasteiger partial charge in [-0.2, -0.15) is 0 Å². The SMILES string of the molecule is C#CCNCC(=O)Nc1cnccc1N(C)C. The predicted molar refractivity (Wildman–Crippen MR) is 68.9 cm³/mol. The smallest absolute Gasteiger partial charge is 0.238 e. The quantitative estimate of drug-likeness (QED) is 0.566. The molecule has 0 aromatic carbocycles. The first-order valence-electron chi connectivity index (χ1n) is 5.20. The van der Waals surface area contributed by atoms with E-state index in [4.69, 9.17) is 6.42 Å². The second-order valence-electron chi connectivity index (χ2n) is 3.64. The van der Waals surface area contributed by atoms with Crippen molar-refractivity contribution in [2.75, 3.05) is 37.4 Å². The van der Waals surface area contributed by atoms with Gasteiger partial charge in [0.15, 0.2) is 0 Å². The molecule has 0 bridgehead atoms. The van der Waals surface area contributed by atoms with Crippen LogP contribution in [0.15, 0.2) is 18.5 Å². The molecular weight excluding hydrogens is 216 g/mol. The zero-order valence-electron chi connectivity index (χ0n) is 10.0. The minimum Gasteiger partial charge on any atom is -0.376 e. The number of nitrogens with zero attached hydrogens (tertiary/aromatic N) is 2. The van der Waals surface area contributed by atoms with Crippen molar-refractivity contribution >= 4 is 17.3 Å². The van der Waals surface area contributed by atoms with Crippen LogP contribution in [0.25, 0.3) is 0 Å². The zero-order chi connectivity index (χ0) is 12.7. The maximum absolute atomic E-state index is 11.6. The summed E-state index contributed by atoms with van der Waals surface area (Å²) in [4.78, 5) is 17.5. The highest BCUT2D eigenvalue weighted by Crippen LogP contribution is 2.21. The van der Waals surface area contributed by atoms with Gasteiger partial charge >= 0.3 is 0 Å². The van der Waals surface area contributed by atoms with Gasteiger partial charge in [-0.05, 0) is 6.07 Å². The molecule has 0 aliphatic rings. The molecule has 0 unspecified atom stereocenters. The van der Waals surface area contributed by atoms with E-state index in [1.54, 1.807) is 12.4 Å². The Hall–Kier alpha value is -2.06. The molecular formula is C12H16N4O. The van der Waals surface area contributed by atoms with Crippen LogP contribution in [0, 0.1) is 12.3 Å². The fourth-order valence-electron chi connectivity index (χ4n) is 1.32. The Morgan fingerprint density at radius 2 is 2.35 bits per heavy atom. The van der Waals surface area contributed by atoms with Crippen LogP contribution in [0.5, 0.6) is 0 Å². The van der Waals surface area contributed by atoms with E-state index < -0.39 is 0 Å². The molecule has 0 fully saturated rings. The van der Waals surface area contributed by atoms with Crippen molar-refractivity contribution in [1.29, 1.82) is 0 Å². The molecule has 2 N–H and O–H groups in total. The van der Waals surface area contributed by atoms with E-state index in [9.17, 15) is 4.79 Å². The lowest BCUT2D eigenvalue weighted by Gasteiger charge is -2.17. The molecule has 5 nitrogen and oxygen atoms in total. The zero-order valence-corrected chi connectivity index (χ0v) is 10.0. The Morgan fingerprint density at radius 1 is 1.59 bits per heavy atom. The van der Waals surface area contributed by atoms with Gasteiger partial charge in [0.25, 0.3) is 0 Å². The van der Waals surface area contributed by atoms with Gasteiger partial charge in [-0.15, -0.1) is 6.42 Å². The number of nitrogens with one attached hydrogen (secondary N) is 2. The van der Waals surface area contributed by atoms with Gasteiger partial charge in [0.2, 0.25) is 5.91 Å². The average Bonchev–Trinajstić information content (AvgIpc) is 2.29. The monoisotopic (exact) mass is 232 g/mol. The number of terminal acetylenes is 1. The van der Waals surface area contributed by atoms with Crippen LogP contribution in [0.1, 0.15) is 0 Å². The summed E-state index contributed by atoms with van der Waals surface area (Å²) in [5, 5.41) is 5.60. The summed E-state index contributed by atoms with van der Waals surface area (Å²) < 4.78 is 0. The molecule has 1 heterocycles. The lowest BCUT2D eigenvalue weighted by molar-refractivity contribution is -0.115. The first-order valence-corrected chi connectivity index (χ1v) is 5.20. The third kappa shape index (κ3) is 4.13. The summed E-state index contributed by atoms with van der Waals surface area (Å²) in [5.41, 5.74) is 1.59. The third-order valence-corrected chi connectivity index (χ3v) is 2.07. The Labute approximate surface area is 101 Å². The van der Waals surface area contributed by atoms with Crippen LogP contribution >= 0.6 is 0 Å². The first kappa shape index (κ1) is 13.0. The summed E-state index contributed by atoms with van der Waals surface area (Å²) >= 11 is 0. The predicted octanol–water partition coefficient (Wildman–Crippen LogP) is 0.309. The molecule has 0 saturated carbocycles. The minimum atomic E-state index is -0.142. The molecule has 1 aromatic rings. The molecule has 1 aromatic heterocycles. The van der Waals surface area contributed by atoms with Crippen LogP contribution in [-0.2, 0) is 4.79 Å². The molecule has 1 rings (SSSR count). The molecule has 17 heavy (non-hydrogen) atoms. The number of aromatic nitrogens is 1. The van der Waals surface area contributed by atoms with Crippen LogP contribution < -0.4 is 15.5 Å². The fourth-order valence-corrected chi connectivity index (χ4v) is 1.32. The van der Waals surface area contributed by atoms with Crippen molar-refractivity contribution in [3.8, 4) is 12.3 Å². The molecule has 1 amide bonds. The highest BCUT2D eigenvalue weighted by molar-refractivity contribution is 5.95. The van der Waals surface area contributed by atoms with E-state index >= 15 is 0 Å². The number of hydrogen-bond acceptors (Lipinski definition) is 4. The molecule has 0 radical (unpaired) electrons. The highest BCUT2D eigenvalue weighted by atomic mass is 16.1. The van der Waals surface area contributed by atoms with E-state index in [-0.39, 0.29) is 12.5 Å². The lowest BCUT2D eigenvalue weighted by Crippen LogP contribution is -2.28. The summed E-state index contributed by atoms with van der Waals surface area (Å²) in [6, 6.07) is 1.84. The maximum atomic E-state index is 11.6. The summed E-state index contributed by atoms with van der Waals surface area (Å²) in [7, 11) is 3.81. The van der Waals surface area contributed by atoms with Gasteiger partial charge in [-0.25, -0.2) is 0 Å². The molecule has 90 valence electrons. The molecule has 5 heteroatoms. The van der Waals surface area contributed by atoms with Gasteiger partial charge in [-0.1, -0.05) is 5.92 Å². The van der Waals surface area contributed by atoms with E-state index in [1.165, 1.54) is 0 Å². The summed E-state index contributed by atoms with van der Waals surface area (Å²) in [5.74, 6) is 2.26. The number of pyridine rings is 1. The Morgan fingerprint density at radius 3 is 3.00 bits per heavy atom. The number of hydrogen-bond donors (Lipinski definition) is 2. The van der Waals surface area contributed by atoms with Gasteiger partial charge in [-0.3, -0.25) is 15.1 Å². The molecule has 0 aliphatic heterocycles. The molecule has 0 spiro atoms. The minimum absolute atomic E-state index is 0.142. The van der Waals surface area contributed by atoms with Gasteiger partial charge in [0.1, 0.15) is 0 Å². The number of rotatable bonds is 5. The van der Waals surface area contributed by atoms with Crippen molar-refractivity contribution in [3.63, 3.8) is 0 Å². The Balaban J connectivity index is 2.62. The van der Waals surface area contributed by atoms with Gasteiger partial charge in [0, 0.05) is 20.3 Å². The third-order valence-electron chi connectivity index (χ3n) is 2.07. The second-order valence-corrected chi connectivity index (χ2v) is 3.64. The van der Waals surface area contributed by atoms with Crippen LogP contribution in [0.4, 0.5) is 11.4 Å². The van der Waals surface area contributed by atoms with Crippen LogP contribution in [0.2, 0.25) is 0 Å². The highest BCUT2D eigenvalue weighted by Gasteiger charge is 2.07. The van der Waals surface area contributed by atoms with E-state index in [1.807, 2.05) is 25.1 Å². The standard InChI is InChI=1S/C12H16N4O/c1-4-6-13-9-12(17)15-10-8-14-7-5-11(10)16(2)3/h1,5,7-8,13H,6,9H2,2-3H3,(H,15,17). The lowest BCUT2D eigenvalue weighted by atomic mass is 10.3. The average molecular weight is 232 g/mol. The van der Waals surface area contributed by atoms with E-state index in [2.05, 4.69) is 21.5 Å². The van der Waals surface area contributed by atoms with Gasteiger partial charge in [0.05, 0.1) is 30.7 Å². The van der Waals surface area contributed by atoms with Crippen molar-refractivity contribution in [3.05, 3.63) is 18.5 Å².